The summed E-state index contributed by atoms with van der Waals surface area (Å²) in [5.41, 5.74) is 0.183. The van der Waals surface area contributed by atoms with E-state index in [1.807, 2.05) is 0 Å². The topological polar surface area (TPSA) is 296 Å². The monoisotopic (exact) mass is 908 g/mol. The number of phenols is 2. The van der Waals surface area contributed by atoms with Gasteiger partial charge in [0.1, 0.15) is 53.9 Å². The molecule has 356 valence electrons. The highest BCUT2D eigenvalue weighted by molar-refractivity contribution is 6.38. The fourth-order valence-corrected chi connectivity index (χ4v) is 9.39. The molecule has 4 saturated heterocycles. The summed E-state index contributed by atoms with van der Waals surface area (Å²) in [7, 11) is 1.21. The minimum Gasteiger partial charge on any atom is -0.507 e. The van der Waals surface area contributed by atoms with Crippen LogP contribution in [0.2, 0.25) is 0 Å². The third-order valence-corrected chi connectivity index (χ3v) is 13.1. The standard InChI is InChI=1S/C44H60O20/c1-15-26(61-31-13-27(39(52)19(5)59-31)62-29-11-24(46)37(50)17(3)57-29)10-22-8-21-9-23(43(56-7)36(49)16(2)45)44(42(55)34(21)41(54)33(22)35(15)48)64-32-14-28(40(53)20(6)60-32)63-30-12-25(47)38(51)18(4)58-30/h8,10,17-20,23-25,27-32,37-40,43-44,46-48,50-54H,9,11-14H2,1-7H3/t17-,18-,19-,20-,23+,24-,25-,27-,28-,29+,30+,31+,32+,37-,38+,39-,40-,43+,44+/m1/s1. The Balaban J connectivity index is 1.16. The minimum atomic E-state index is -1.57. The first-order chi connectivity index (χ1) is 30.2. The average molecular weight is 909 g/mol. The number of ether oxygens (including phenoxy) is 9. The van der Waals surface area contributed by atoms with E-state index in [1.54, 1.807) is 33.8 Å². The number of methoxy groups -OCH3 is 1. The van der Waals surface area contributed by atoms with E-state index in [1.165, 1.54) is 20.1 Å². The van der Waals surface area contributed by atoms with E-state index in [4.69, 9.17) is 42.6 Å². The van der Waals surface area contributed by atoms with Crippen molar-refractivity contribution in [3.8, 4) is 17.2 Å². The molecule has 0 radical (unpaired) electrons. The number of carbonyl (C=O) groups excluding carboxylic acids is 3. The lowest BCUT2D eigenvalue weighted by Crippen LogP contribution is -2.55. The van der Waals surface area contributed by atoms with Crippen molar-refractivity contribution in [2.24, 2.45) is 5.92 Å². The molecule has 20 heteroatoms. The number of benzene rings is 2. The lowest BCUT2D eigenvalue weighted by molar-refractivity contribution is -0.311. The van der Waals surface area contributed by atoms with Crippen LogP contribution in [0.25, 0.3) is 10.8 Å². The Hall–Kier alpha value is -3.45. The maximum Gasteiger partial charge on any atom is 0.227 e. The molecule has 2 aromatic rings. The van der Waals surface area contributed by atoms with Crippen LogP contribution in [0.4, 0.5) is 0 Å². The number of aromatic hydroxyl groups is 2. The quantitative estimate of drug-likeness (QED) is 0.133. The Morgan fingerprint density at radius 1 is 0.688 bits per heavy atom. The molecule has 5 aliphatic rings. The molecule has 0 aromatic heterocycles. The number of fused-ring (bicyclic) bond motifs is 2. The number of aliphatic hydroxyl groups is 6. The molecule has 0 saturated carbocycles. The van der Waals surface area contributed by atoms with E-state index < -0.39 is 145 Å². The summed E-state index contributed by atoms with van der Waals surface area (Å²) in [6.45, 7) is 8.92. The van der Waals surface area contributed by atoms with Crippen molar-refractivity contribution in [3.05, 3.63) is 28.8 Å². The highest BCUT2D eigenvalue weighted by Gasteiger charge is 2.50. The molecule has 4 fully saturated rings. The van der Waals surface area contributed by atoms with Crippen LogP contribution in [0.1, 0.15) is 81.8 Å². The van der Waals surface area contributed by atoms with Crippen molar-refractivity contribution in [1.29, 1.82) is 0 Å². The summed E-state index contributed by atoms with van der Waals surface area (Å²) in [4.78, 5) is 40.5. The lowest BCUT2D eigenvalue weighted by atomic mass is 9.75. The Labute approximate surface area is 368 Å². The molecule has 8 N–H and O–H groups in total. The number of ketones is 3. The third-order valence-electron chi connectivity index (χ3n) is 13.1. The van der Waals surface area contributed by atoms with Gasteiger partial charge >= 0.3 is 0 Å². The summed E-state index contributed by atoms with van der Waals surface area (Å²) < 4.78 is 53.6. The fourth-order valence-electron chi connectivity index (χ4n) is 9.39. The van der Waals surface area contributed by atoms with Gasteiger partial charge < -0.3 is 83.5 Å². The second kappa shape index (κ2) is 19.4. The van der Waals surface area contributed by atoms with Gasteiger partial charge in [0, 0.05) is 51.2 Å². The molecule has 0 unspecified atom stereocenters. The minimum absolute atomic E-state index is 0.0115. The van der Waals surface area contributed by atoms with Crippen LogP contribution in [-0.2, 0) is 53.9 Å². The number of Topliss-reactive ketones (excluding diaryl/α,β-unsaturated/α-hetero) is 3. The van der Waals surface area contributed by atoms with E-state index in [2.05, 4.69) is 0 Å². The highest BCUT2D eigenvalue weighted by Crippen LogP contribution is 2.47. The van der Waals surface area contributed by atoms with Crippen molar-refractivity contribution in [3.63, 3.8) is 0 Å². The first-order valence-corrected chi connectivity index (χ1v) is 21.6. The van der Waals surface area contributed by atoms with Gasteiger partial charge in [-0.2, -0.15) is 0 Å². The van der Waals surface area contributed by atoms with E-state index in [9.17, 15) is 55.2 Å². The van der Waals surface area contributed by atoms with Gasteiger partial charge in [-0.1, -0.05) is 0 Å². The molecular formula is C44H60O20. The normalized spacial score (nSPS) is 39.9. The highest BCUT2D eigenvalue weighted by atomic mass is 16.7. The Morgan fingerprint density at radius 3 is 1.67 bits per heavy atom. The van der Waals surface area contributed by atoms with Crippen LogP contribution in [0.5, 0.6) is 17.2 Å². The first kappa shape index (κ1) is 48.5. The molecule has 4 aliphatic heterocycles. The molecule has 19 atom stereocenters. The molecule has 0 bridgehead atoms. The number of aliphatic hydroxyl groups excluding tert-OH is 6. The van der Waals surface area contributed by atoms with Crippen LogP contribution in [0, 0.1) is 12.8 Å². The molecule has 0 spiro atoms. The van der Waals surface area contributed by atoms with Crippen LogP contribution >= 0.6 is 0 Å². The molecule has 2 aromatic carbocycles. The maximum absolute atomic E-state index is 14.7. The Kier molecular flexibility index (Phi) is 14.7. The molecular weight excluding hydrogens is 848 g/mol. The molecule has 7 rings (SSSR count). The largest absolute Gasteiger partial charge is 0.507 e. The van der Waals surface area contributed by atoms with Gasteiger partial charge in [-0.3, -0.25) is 14.4 Å². The van der Waals surface area contributed by atoms with Gasteiger partial charge in [0.15, 0.2) is 30.4 Å². The van der Waals surface area contributed by atoms with Gasteiger partial charge in [-0.25, -0.2) is 0 Å². The van der Waals surface area contributed by atoms with E-state index >= 15 is 0 Å². The maximum atomic E-state index is 14.7. The zero-order valence-corrected chi connectivity index (χ0v) is 36.6. The summed E-state index contributed by atoms with van der Waals surface area (Å²) >= 11 is 0. The van der Waals surface area contributed by atoms with Crippen LogP contribution < -0.4 is 4.74 Å². The molecule has 4 heterocycles. The van der Waals surface area contributed by atoms with Crippen LogP contribution in [0.15, 0.2) is 12.1 Å². The number of hydrogen-bond acceptors (Lipinski definition) is 20. The van der Waals surface area contributed by atoms with Gasteiger partial charge in [0.25, 0.3) is 0 Å². The van der Waals surface area contributed by atoms with Gasteiger partial charge in [-0.15, -0.1) is 0 Å². The fraction of sp³-hybridized carbons (Fsp3) is 0.705. The zero-order chi connectivity index (χ0) is 46.6. The predicted octanol–water partition coefficient (Wildman–Crippen LogP) is 0.327. The van der Waals surface area contributed by atoms with Crippen molar-refractivity contribution in [2.45, 2.75) is 184 Å². The Morgan fingerprint density at radius 2 is 1.17 bits per heavy atom. The molecule has 1 aliphatic carbocycles. The lowest BCUT2D eigenvalue weighted by Gasteiger charge is -2.43. The first-order valence-electron chi connectivity index (χ1n) is 21.6. The van der Waals surface area contributed by atoms with E-state index in [0.717, 1.165) is 6.92 Å². The predicted molar refractivity (Wildman–Crippen MR) is 217 cm³/mol. The van der Waals surface area contributed by atoms with Gasteiger partial charge in [0.05, 0.1) is 59.8 Å². The van der Waals surface area contributed by atoms with Crippen molar-refractivity contribution >= 4 is 28.1 Å². The SMILES string of the molecule is CO[C@H](C(=O)C(C)=O)[C@@H]1Cc2cc3cc(O[C@H]4C[C@@H](O[C@H]5C[C@@H](O)[C@H](O)[C@@H](C)O5)[C@H](O)[C@@H](C)O4)c(C)c(O)c3c(O)c2C(=O)[C@H]1O[C@H]1C[C@@H](O[C@H]2C[C@@H](O)[C@@H](O)[C@@H](C)O2)[C@H](O)[C@@H](C)O1. The van der Waals surface area contributed by atoms with E-state index in [0.29, 0.717) is 0 Å². The summed E-state index contributed by atoms with van der Waals surface area (Å²) in [6.07, 6.45) is -19.6. The summed E-state index contributed by atoms with van der Waals surface area (Å²) in [6, 6.07) is 3.07. The molecule has 64 heavy (non-hydrogen) atoms. The second-order valence-corrected chi connectivity index (χ2v) is 17.7. The summed E-state index contributed by atoms with van der Waals surface area (Å²) in [5.74, 6) is -4.62. The van der Waals surface area contributed by atoms with Gasteiger partial charge in [0.2, 0.25) is 12.1 Å². The zero-order valence-electron chi connectivity index (χ0n) is 36.6. The number of carbonyl (C=O) groups is 3. The number of phenolic OH excluding ortho intramolecular Hbond substituents is 2. The third kappa shape index (κ3) is 9.54. The number of hydrogen-bond donors (Lipinski definition) is 8. The number of rotatable bonds is 12. The Bertz CT molecular complexity index is 2020. The van der Waals surface area contributed by atoms with E-state index in [-0.39, 0.29) is 65.3 Å². The van der Waals surface area contributed by atoms with Crippen molar-refractivity contribution in [2.75, 3.05) is 7.11 Å². The molecule has 0 amide bonds. The van der Waals surface area contributed by atoms with Crippen molar-refractivity contribution < 1.29 is 97.9 Å². The summed E-state index contributed by atoms with van der Waals surface area (Å²) in [5, 5.41) is 86.5. The average Bonchev–Trinajstić information content (AvgIpc) is 3.22. The van der Waals surface area contributed by atoms with Crippen LogP contribution in [-0.4, -0.2) is 176 Å². The second-order valence-electron chi connectivity index (χ2n) is 17.7. The molecule has 20 nitrogen and oxygen atoms in total. The van der Waals surface area contributed by atoms with Crippen LogP contribution in [0.3, 0.4) is 0 Å². The smallest absolute Gasteiger partial charge is 0.227 e. The van der Waals surface area contributed by atoms with Gasteiger partial charge in [-0.05, 0) is 64.1 Å². The van der Waals surface area contributed by atoms with Crippen molar-refractivity contribution in [1.82, 2.24) is 0 Å².